The van der Waals surface area contributed by atoms with E-state index in [0.29, 0.717) is 6.54 Å². The van der Waals surface area contributed by atoms with Crippen molar-refractivity contribution >= 4 is 33.8 Å². The number of hydrogen-bond donors (Lipinski definition) is 2. The van der Waals surface area contributed by atoms with E-state index in [0.717, 1.165) is 44.6 Å². The second-order valence-corrected chi connectivity index (χ2v) is 10.6. The molecule has 0 fully saturated rings. The Hall–Kier alpha value is -5.12. The smallest absolute Gasteiger partial charge is 0.0994 e. The lowest BCUT2D eigenvalue weighted by Gasteiger charge is -2.48. The molecule has 0 aromatic heterocycles. The van der Waals surface area contributed by atoms with Crippen LogP contribution in [0.1, 0.15) is 28.3 Å². The van der Waals surface area contributed by atoms with E-state index in [1.54, 1.807) is 0 Å². The summed E-state index contributed by atoms with van der Waals surface area (Å²) in [6, 6.07) is 42.0. The maximum absolute atomic E-state index is 6.94. The van der Waals surface area contributed by atoms with Crippen LogP contribution in [-0.2, 0) is 0 Å². The first-order chi connectivity index (χ1) is 20.7. The van der Waals surface area contributed by atoms with Gasteiger partial charge in [-0.2, -0.15) is 0 Å². The summed E-state index contributed by atoms with van der Waals surface area (Å²) in [5.41, 5.74) is 13.7. The summed E-state index contributed by atoms with van der Waals surface area (Å²) in [5, 5.41) is 6.19. The Bertz CT molecular complexity index is 1790. The highest BCUT2D eigenvalue weighted by atomic mass is 15.2. The van der Waals surface area contributed by atoms with Crippen LogP contribution in [-0.4, -0.2) is 12.1 Å². The van der Waals surface area contributed by atoms with Gasteiger partial charge < -0.3 is 16.0 Å². The monoisotopic (exact) mass is 545 g/mol. The molecule has 0 bridgehead atoms. The van der Waals surface area contributed by atoms with Crippen LogP contribution < -0.4 is 16.0 Å². The van der Waals surface area contributed by atoms with E-state index in [-0.39, 0.29) is 6.04 Å². The van der Waals surface area contributed by atoms with E-state index in [2.05, 4.69) is 139 Å². The molecule has 0 amide bonds. The third-order valence-corrected chi connectivity index (χ3v) is 8.17. The second kappa shape index (κ2) is 11.8. The Morgan fingerprint density at radius 3 is 2.26 bits per heavy atom. The van der Waals surface area contributed by atoms with Crippen LogP contribution in [0.3, 0.4) is 0 Å². The quantitative estimate of drug-likeness (QED) is 0.191. The zero-order valence-corrected chi connectivity index (χ0v) is 23.7. The van der Waals surface area contributed by atoms with E-state index in [9.17, 15) is 0 Å². The van der Waals surface area contributed by atoms with Gasteiger partial charge >= 0.3 is 0 Å². The predicted molar refractivity (Wildman–Crippen MR) is 180 cm³/mol. The number of anilines is 2. The lowest BCUT2D eigenvalue weighted by Crippen LogP contribution is -2.57. The predicted octanol–water partition coefficient (Wildman–Crippen LogP) is 8.99. The number of allylic oxidation sites excluding steroid dienone is 2. The lowest BCUT2D eigenvalue weighted by atomic mass is 9.80. The van der Waals surface area contributed by atoms with Gasteiger partial charge in [0.25, 0.3) is 0 Å². The van der Waals surface area contributed by atoms with Crippen molar-refractivity contribution in [2.24, 2.45) is 5.73 Å². The van der Waals surface area contributed by atoms with Crippen molar-refractivity contribution in [2.45, 2.75) is 11.6 Å². The highest BCUT2D eigenvalue weighted by Crippen LogP contribution is 2.46. The molecule has 6 rings (SSSR count). The topological polar surface area (TPSA) is 41.3 Å². The van der Waals surface area contributed by atoms with E-state index in [1.807, 2.05) is 36.4 Å². The Labute approximate surface area is 248 Å². The third-order valence-electron chi connectivity index (χ3n) is 8.17. The van der Waals surface area contributed by atoms with Crippen molar-refractivity contribution in [2.75, 3.05) is 16.8 Å². The van der Waals surface area contributed by atoms with E-state index < -0.39 is 5.54 Å². The molecule has 0 aliphatic carbocycles. The van der Waals surface area contributed by atoms with Crippen LogP contribution >= 0.6 is 0 Å². The Morgan fingerprint density at radius 1 is 0.810 bits per heavy atom. The minimum atomic E-state index is -0.744. The molecule has 5 aromatic rings. The molecule has 3 heteroatoms. The summed E-state index contributed by atoms with van der Waals surface area (Å²) in [6.45, 7) is 9.02. The molecule has 1 aliphatic rings. The fourth-order valence-electron chi connectivity index (χ4n) is 6.11. The summed E-state index contributed by atoms with van der Waals surface area (Å²) >= 11 is 0. The number of benzene rings is 5. The van der Waals surface area contributed by atoms with Gasteiger partial charge in [0.1, 0.15) is 0 Å². The van der Waals surface area contributed by atoms with Crippen LogP contribution in [0.5, 0.6) is 0 Å². The van der Waals surface area contributed by atoms with Gasteiger partial charge in [0.05, 0.1) is 17.3 Å². The fraction of sp³-hybridized carbons (Fsp3) is 0.0769. The van der Waals surface area contributed by atoms with Gasteiger partial charge in [-0.1, -0.05) is 135 Å². The van der Waals surface area contributed by atoms with Gasteiger partial charge in [0.2, 0.25) is 0 Å². The first kappa shape index (κ1) is 27.1. The number of rotatable bonds is 8. The van der Waals surface area contributed by atoms with Gasteiger partial charge in [-0.3, -0.25) is 0 Å². The van der Waals surface area contributed by atoms with Crippen molar-refractivity contribution in [1.82, 2.24) is 0 Å². The van der Waals surface area contributed by atoms with Crippen molar-refractivity contribution in [3.8, 4) is 0 Å². The molecule has 0 spiro atoms. The number of nitrogens with one attached hydrogen (secondary N) is 1. The Balaban J connectivity index is 1.68. The van der Waals surface area contributed by atoms with Gasteiger partial charge in [-0.05, 0) is 57.3 Å². The molecule has 2 atom stereocenters. The Morgan fingerprint density at radius 2 is 1.50 bits per heavy atom. The van der Waals surface area contributed by atoms with Crippen LogP contribution in [0.25, 0.3) is 22.4 Å². The van der Waals surface area contributed by atoms with Crippen LogP contribution in [0, 0.1) is 0 Å². The molecular formula is C39H35N3. The molecule has 5 aromatic carbocycles. The molecule has 3 N–H and O–H groups in total. The molecular weight excluding hydrogens is 510 g/mol. The van der Waals surface area contributed by atoms with Crippen molar-refractivity contribution in [3.63, 3.8) is 0 Å². The van der Waals surface area contributed by atoms with Gasteiger partial charge in [-0.15, -0.1) is 0 Å². The lowest BCUT2D eigenvalue weighted by molar-refractivity contribution is 0.452. The molecule has 0 radical (unpaired) electrons. The number of hydrogen-bond acceptors (Lipinski definition) is 3. The highest BCUT2D eigenvalue weighted by molar-refractivity contribution is 6.04. The SMILES string of the molecule is C=C/C=C\C(CN)(C(Nc1ccccc1)c1ccccc1)N1/C=C\c2ccccc2C(=C)c2c1ccc1ccccc21. The molecule has 206 valence electrons. The summed E-state index contributed by atoms with van der Waals surface area (Å²) < 4.78 is 0. The number of nitrogens with zero attached hydrogens (tertiary/aromatic N) is 1. The van der Waals surface area contributed by atoms with E-state index in [4.69, 9.17) is 5.73 Å². The maximum atomic E-state index is 6.94. The van der Waals surface area contributed by atoms with Gasteiger partial charge in [-0.25, -0.2) is 0 Å². The van der Waals surface area contributed by atoms with Crippen molar-refractivity contribution in [1.29, 1.82) is 0 Å². The molecule has 1 aliphatic heterocycles. The molecule has 0 saturated heterocycles. The largest absolute Gasteiger partial charge is 0.375 e. The number of nitrogens with two attached hydrogens (primary N) is 1. The standard InChI is InChI=1S/C39H35N3/c1-3-4-26-39(28-40,38(32-17-7-5-8-18-32)41-33-19-9-6-10-20-33)42-27-25-31-16-11-13-21-34(31)29(2)37-35-22-14-12-15-30(35)23-24-36(37)42/h3-27,38,41H,1-2,28,40H2/b26-4-,27-25-. The first-order valence-corrected chi connectivity index (χ1v) is 14.3. The third kappa shape index (κ3) is 4.85. The summed E-state index contributed by atoms with van der Waals surface area (Å²) in [6.07, 6.45) is 10.4. The van der Waals surface area contributed by atoms with Gasteiger partial charge in [0.15, 0.2) is 0 Å². The van der Waals surface area contributed by atoms with E-state index >= 15 is 0 Å². The average Bonchev–Trinajstić information content (AvgIpc) is 3.05. The van der Waals surface area contributed by atoms with Crippen molar-refractivity contribution < 1.29 is 0 Å². The van der Waals surface area contributed by atoms with Crippen LogP contribution in [0.2, 0.25) is 0 Å². The fourth-order valence-corrected chi connectivity index (χ4v) is 6.11. The summed E-state index contributed by atoms with van der Waals surface area (Å²) in [7, 11) is 0. The van der Waals surface area contributed by atoms with Gasteiger partial charge in [0, 0.05) is 24.0 Å². The highest BCUT2D eigenvalue weighted by Gasteiger charge is 2.43. The molecule has 0 saturated carbocycles. The normalized spacial score (nSPS) is 15.6. The van der Waals surface area contributed by atoms with Crippen molar-refractivity contribution in [3.05, 3.63) is 181 Å². The molecule has 2 unspecified atom stereocenters. The minimum absolute atomic E-state index is 0.228. The zero-order valence-electron chi connectivity index (χ0n) is 23.7. The van der Waals surface area contributed by atoms with Crippen LogP contribution in [0.4, 0.5) is 11.4 Å². The zero-order chi connectivity index (χ0) is 28.9. The van der Waals surface area contributed by atoms with Crippen LogP contribution in [0.15, 0.2) is 159 Å². The second-order valence-electron chi connectivity index (χ2n) is 10.6. The molecule has 42 heavy (non-hydrogen) atoms. The minimum Gasteiger partial charge on any atom is -0.375 e. The number of fused-ring (bicyclic) bond motifs is 4. The summed E-state index contributed by atoms with van der Waals surface area (Å²) in [4.78, 5) is 2.34. The average molecular weight is 546 g/mol. The maximum Gasteiger partial charge on any atom is 0.0994 e. The first-order valence-electron chi connectivity index (χ1n) is 14.3. The molecule has 3 nitrogen and oxygen atoms in total. The summed E-state index contributed by atoms with van der Waals surface area (Å²) in [5.74, 6) is 0. The number of para-hydroxylation sites is 1. The Kier molecular flexibility index (Phi) is 7.59. The van der Waals surface area contributed by atoms with E-state index in [1.165, 1.54) is 5.39 Å². The molecule has 1 heterocycles.